The Morgan fingerprint density at radius 3 is 2.93 bits per heavy atom. The van der Waals surface area contributed by atoms with E-state index >= 15 is 0 Å². The number of carbonyl (C=O) groups excluding carboxylic acids is 1. The van der Waals surface area contributed by atoms with Gasteiger partial charge in [-0.1, -0.05) is 5.16 Å². The van der Waals surface area contributed by atoms with Gasteiger partial charge in [0.1, 0.15) is 5.76 Å². The number of aromatic nitrogens is 2. The molecular weight excluding hydrogens is 374 g/mol. The molecule has 1 amide bonds. The zero-order valence-electron chi connectivity index (χ0n) is 17.2. The van der Waals surface area contributed by atoms with Crippen molar-refractivity contribution in [2.24, 2.45) is 0 Å². The molecule has 1 unspecified atom stereocenters. The van der Waals surface area contributed by atoms with Gasteiger partial charge in [0.15, 0.2) is 5.82 Å². The first-order valence-electron chi connectivity index (χ1n) is 10.4. The molecule has 158 valence electrons. The summed E-state index contributed by atoms with van der Waals surface area (Å²) in [7, 11) is 1.69. The predicted octanol–water partition coefficient (Wildman–Crippen LogP) is 3.08. The smallest absolute Gasteiger partial charge is 0.257 e. The second-order valence-electron chi connectivity index (χ2n) is 8.09. The lowest BCUT2D eigenvalue weighted by Gasteiger charge is -2.40. The van der Waals surface area contributed by atoms with Gasteiger partial charge in [-0.25, -0.2) is 0 Å². The summed E-state index contributed by atoms with van der Waals surface area (Å²) in [6, 6.07) is 1.74. The molecular formula is C21H29N3O5. The molecule has 0 radical (unpaired) electrons. The number of methoxy groups -OCH3 is 1. The van der Waals surface area contributed by atoms with Crippen molar-refractivity contribution in [2.45, 2.75) is 50.4 Å². The lowest BCUT2D eigenvalue weighted by Crippen LogP contribution is -2.49. The van der Waals surface area contributed by atoms with E-state index in [0.717, 1.165) is 45.3 Å². The highest BCUT2D eigenvalue weighted by Crippen LogP contribution is 2.38. The summed E-state index contributed by atoms with van der Waals surface area (Å²) in [4.78, 5) is 19.8. The highest BCUT2D eigenvalue weighted by atomic mass is 16.5. The number of rotatable bonds is 6. The maximum Gasteiger partial charge on any atom is 0.257 e. The molecule has 0 N–H and O–H groups in total. The fourth-order valence-corrected chi connectivity index (χ4v) is 4.44. The molecule has 8 nitrogen and oxygen atoms in total. The number of aryl methyl sites for hydroxylation is 1. The van der Waals surface area contributed by atoms with E-state index in [4.69, 9.17) is 23.4 Å². The van der Waals surface area contributed by atoms with Crippen LogP contribution in [-0.4, -0.2) is 61.0 Å². The SMILES string of the molecule is COCCC1(c2noc(C3CCOCC3)n2)CCCN(C(=O)c2ccoc2C)C1. The van der Waals surface area contributed by atoms with E-state index in [2.05, 4.69) is 5.16 Å². The number of hydrogen-bond donors (Lipinski definition) is 0. The van der Waals surface area contributed by atoms with Gasteiger partial charge in [-0.05, 0) is 45.1 Å². The minimum absolute atomic E-state index is 0.00844. The summed E-state index contributed by atoms with van der Waals surface area (Å²) in [5, 5.41) is 4.38. The molecule has 8 heteroatoms. The summed E-state index contributed by atoms with van der Waals surface area (Å²) in [6.07, 6.45) is 5.88. The van der Waals surface area contributed by atoms with E-state index in [1.807, 2.05) is 11.8 Å². The second kappa shape index (κ2) is 8.67. The van der Waals surface area contributed by atoms with Crippen LogP contribution >= 0.6 is 0 Å². The van der Waals surface area contributed by atoms with Crippen molar-refractivity contribution in [3.63, 3.8) is 0 Å². The molecule has 4 heterocycles. The van der Waals surface area contributed by atoms with Crippen molar-refractivity contribution in [3.8, 4) is 0 Å². The topological polar surface area (TPSA) is 90.8 Å². The van der Waals surface area contributed by atoms with Gasteiger partial charge in [0.2, 0.25) is 5.89 Å². The third kappa shape index (κ3) is 4.09. The minimum atomic E-state index is -0.367. The van der Waals surface area contributed by atoms with Crippen LogP contribution in [0, 0.1) is 6.92 Å². The van der Waals surface area contributed by atoms with Crippen LogP contribution in [0.1, 0.15) is 65.9 Å². The molecule has 2 saturated heterocycles. The third-order valence-corrected chi connectivity index (χ3v) is 6.22. The number of furan rings is 1. The van der Waals surface area contributed by atoms with Crippen LogP contribution in [0.4, 0.5) is 0 Å². The monoisotopic (exact) mass is 403 g/mol. The van der Waals surface area contributed by atoms with Gasteiger partial charge >= 0.3 is 0 Å². The molecule has 0 aromatic carbocycles. The molecule has 0 bridgehead atoms. The predicted molar refractivity (Wildman–Crippen MR) is 104 cm³/mol. The zero-order chi connectivity index (χ0) is 20.3. The standard InChI is InChI=1S/C21H29N3O5/c1-15-17(6-12-28-15)19(25)24-9-3-7-21(14-24,8-13-26-2)20-22-18(29-23-20)16-4-10-27-11-5-16/h6,12,16H,3-5,7-11,13-14H2,1-2H3. The summed E-state index contributed by atoms with van der Waals surface area (Å²) < 4.78 is 21.8. The highest BCUT2D eigenvalue weighted by Gasteiger charge is 2.43. The van der Waals surface area contributed by atoms with Gasteiger partial charge in [0, 0.05) is 45.9 Å². The van der Waals surface area contributed by atoms with Gasteiger partial charge in [-0.3, -0.25) is 4.79 Å². The Morgan fingerprint density at radius 1 is 1.38 bits per heavy atom. The maximum absolute atomic E-state index is 13.1. The fraction of sp³-hybridized carbons (Fsp3) is 0.667. The lowest BCUT2D eigenvalue weighted by atomic mass is 9.76. The largest absolute Gasteiger partial charge is 0.469 e. The molecule has 0 saturated carbocycles. The normalized spacial score (nSPS) is 23.4. The van der Waals surface area contributed by atoms with Gasteiger partial charge in [-0.2, -0.15) is 4.98 Å². The number of likely N-dealkylation sites (tertiary alicyclic amines) is 1. The number of carbonyl (C=O) groups is 1. The Balaban J connectivity index is 1.58. The van der Waals surface area contributed by atoms with Crippen LogP contribution in [0.5, 0.6) is 0 Å². The van der Waals surface area contributed by atoms with Gasteiger partial charge < -0.3 is 23.3 Å². The molecule has 2 aliphatic heterocycles. The van der Waals surface area contributed by atoms with Crippen LogP contribution in [0.3, 0.4) is 0 Å². The Hall–Kier alpha value is -2.19. The Labute approximate surface area is 170 Å². The van der Waals surface area contributed by atoms with Crippen molar-refractivity contribution >= 4 is 5.91 Å². The van der Waals surface area contributed by atoms with E-state index in [1.165, 1.54) is 0 Å². The molecule has 1 atom stereocenters. The molecule has 0 aliphatic carbocycles. The van der Waals surface area contributed by atoms with E-state index in [1.54, 1.807) is 19.4 Å². The first kappa shape index (κ1) is 20.1. The van der Waals surface area contributed by atoms with Crippen LogP contribution in [0.2, 0.25) is 0 Å². The number of ether oxygens (including phenoxy) is 2. The zero-order valence-corrected chi connectivity index (χ0v) is 17.2. The van der Waals surface area contributed by atoms with Crippen molar-refractivity contribution in [3.05, 3.63) is 35.4 Å². The van der Waals surface area contributed by atoms with Gasteiger partial charge in [0.25, 0.3) is 5.91 Å². The molecule has 2 aromatic rings. The molecule has 2 fully saturated rings. The number of amides is 1. The average molecular weight is 403 g/mol. The fourth-order valence-electron chi connectivity index (χ4n) is 4.44. The van der Waals surface area contributed by atoms with Crippen molar-refractivity contribution in [1.82, 2.24) is 15.0 Å². The summed E-state index contributed by atoms with van der Waals surface area (Å²) in [5.41, 5.74) is 0.248. The van der Waals surface area contributed by atoms with Crippen LogP contribution < -0.4 is 0 Å². The summed E-state index contributed by atoms with van der Waals surface area (Å²) in [5.74, 6) is 2.27. The Morgan fingerprint density at radius 2 is 2.21 bits per heavy atom. The second-order valence-corrected chi connectivity index (χ2v) is 8.09. The van der Waals surface area contributed by atoms with Gasteiger partial charge in [-0.15, -0.1) is 0 Å². The Kier molecular flexibility index (Phi) is 6.01. The van der Waals surface area contributed by atoms with E-state index in [9.17, 15) is 4.79 Å². The van der Waals surface area contributed by atoms with Gasteiger partial charge in [0.05, 0.1) is 17.2 Å². The quantitative estimate of drug-likeness (QED) is 0.732. The molecule has 29 heavy (non-hydrogen) atoms. The molecule has 2 aliphatic rings. The summed E-state index contributed by atoms with van der Waals surface area (Å²) >= 11 is 0. The highest BCUT2D eigenvalue weighted by molar-refractivity contribution is 5.95. The lowest BCUT2D eigenvalue weighted by molar-refractivity contribution is 0.0565. The third-order valence-electron chi connectivity index (χ3n) is 6.22. The average Bonchev–Trinajstić information content (AvgIpc) is 3.42. The Bertz CT molecular complexity index is 826. The molecule has 0 spiro atoms. The van der Waals surface area contributed by atoms with Crippen molar-refractivity contribution in [2.75, 3.05) is 40.0 Å². The van der Waals surface area contributed by atoms with E-state index in [-0.39, 0.29) is 17.2 Å². The van der Waals surface area contributed by atoms with E-state index in [0.29, 0.717) is 42.7 Å². The van der Waals surface area contributed by atoms with Crippen LogP contribution in [-0.2, 0) is 14.9 Å². The first-order chi connectivity index (χ1) is 14.1. The first-order valence-corrected chi connectivity index (χ1v) is 10.4. The van der Waals surface area contributed by atoms with Crippen molar-refractivity contribution in [1.29, 1.82) is 0 Å². The maximum atomic E-state index is 13.1. The van der Waals surface area contributed by atoms with Crippen LogP contribution in [0.15, 0.2) is 21.3 Å². The number of nitrogens with zero attached hydrogens (tertiary/aromatic N) is 3. The molecule has 2 aromatic heterocycles. The number of piperidine rings is 1. The minimum Gasteiger partial charge on any atom is -0.469 e. The van der Waals surface area contributed by atoms with E-state index < -0.39 is 0 Å². The van der Waals surface area contributed by atoms with Crippen molar-refractivity contribution < 1.29 is 23.2 Å². The molecule has 4 rings (SSSR count). The summed E-state index contributed by atoms with van der Waals surface area (Å²) in [6.45, 7) is 5.10. The number of hydrogen-bond acceptors (Lipinski definition) is 7. The van der Waals surface area contributed by atoms with Crippen LogP contribution in [0.25, 0.3) is 0 Å².